The summed E-state index contributed by atoms with van der Waals surface area (Å²) < 4.78 is 1.49. The average molecular weight is 475 g/mol. The molecule has 0 saturated carbocycles. The second-order valence-electron chi connectivity index (χ2n) is 8.43. The Bertz CT molecular complexity index is 1310. The zero-order valence-electron chi connectivity index (χ0n) is 19.1. The van der Waals surface area contributed by atoms with Gasteiger partial charge in [-0.1, -0.05) is 18.2 Å². The molecule has 1 unspecified atom stereocenters. The van der Waals surface area contributed by atoms with Gasteiger partial charge in [-0.15, -0.1) is 0 Å². The molecule has 35 heavy (non-hydrogen) atoms. The van der Waals surface area contributed by atoms with E-state index in [0.717, 1.165) is 30.9 Å². The van der Waals surface area contributed by atoms with Crippen LogP contribution in [0.2, 0.25) is 0 Å². The summed E-state index contributed by atoms with van der Waals surface area (Å²) in [7, 11) is 0. The van der Waals surface area contributed by atoms with Crippen LogP contribution in [0.25, 0.3) is 0 Å². The van der Waals surface area contributed by atoms with Crippen LogP contribution in [0.15, 0.2) is 36.4 Å². The molecular weight excluding hydrogens is 448 g/mol. The van der Waals surface area contributed by atoms with E-state index in [0.29, 0.717) is 24.1 Å². The Balaban J connectivity index is 1.71. The quantitative estimate of drug-likeness (QED) is 0.365. The highest BCUT2D eigenvalue weighted by atomic mass is 16.4. The van der Waals surface area contributed by atoms with Crippen molar-refractivity contribution in [2.45, 2.75) is 44.8 Å². The number of amides is 1. The van der Waals surface area contributed by atoms with Crippen LogP contribution in [-0.2, 0) is 30.8 Å². The van der Waals surface area contributed by atoms with E-state index in [2.05, 4.69) is 15.4 Å². The number of nitriles is 1. The minimum Gasteiger partial charge on any atom is -0.481 e. The highest BCUT2D eigenvalue weighted by Crippen LogP contribution is 2.32. The maximum atomic E-state index is 12.4. The van der Waals surface area contributed by atoms with Crippen molar-refractivity contribution in [2.24, 2.45) is 5.73 Å². The van der Waals surface area contributed by atoms with Gasteiger partial charge in [0.05, 0.1) is 41.6 Å². The molecule has 3 aromatic rings. The van der Waals surface area contributed by atoms with Crippen LogP contribution in [0.4, 0.5) is 5.82 Å². The number of nitrogens with one attached hydrogen (secondary N) is 1. The van der Waals surface area contributed by atoms with E-state index in [1.165, 1.54) is 10.2 Å². The number of aryl methyl sites for hydroxylation is 3. The number of carbonyl (C=O) groups excluding carboxylic acids is 1. The number of hydrogen-bond donors (Lipinski definition) is 4. The summed E-state index contributed by atoms with van der Waals surface area (Å²) in [5, 5.41) is 36.8. The van der Waals surface area contributed by atoms with Crippen molar-refractivity contribution in [1.82, 2.24) is 14.8 Å². The van der Waals surface area contributed by atoms with Gasteiger partial charge in [-0.3, -0.25) is 14.3 Å². The van der Waals surface area contributed by atoms with Gasteiger partial charge in [0.1, 0.15) is 5.82 Å². The predicted octanol–water partition coefficient (Wildman–Crippen LogP) is 1.95. The number of fused-ring (bicyclic) bond motifs is 1. The summed E-state index contributed by atoms with van der Waals surface area (Å²) in [6.07, 6.45) is 2.16. The first kappa shape index (κ1) is 23.9. The lowest BCUT2D eigenvalue weighted by atomic mass is 9.88. The highest BCUT2D eigenvalue weighted by molar-refractivity contribution is 5.95. The summed E-state index contributed by atoms with van der Waals surface area (Å²) >= 11 is 0. The van der Waals surface area contributed by atoms with Gasteiger partial charge in [0.15, 0.2) is 0 Å². The second kappa shape index (κ2) is 10.4. The van der Waals surface area contributed by atoms with Crippen LogP contribution in [-0.4, -0.2) is 43.4 Å². The third-order valence-corrected chi connectivity index (χ3v) is 6.14. The number of aliphatic hydroxyl groups excluding tert-OH is 1. The van der Waals surface area contributed by atoms with Crippen LogP contribution >= 0.6 is 0 Å². The molecule has 0 bridgehead atoms. The van der Waals surface area contributed by atoms with Gasteiger partial charge < -0.3 is 21.3 Å². The molecule has 180 valence electrons. The number of benzene rings is 1. The maximum Gasteiger partial charge on any atom is 0.304 e. The van der Waals surface area contributed by atoms with E-state index < -0.39 is 24.4 Å². The Kier molecular flexibility index (Phi) is 7.08. The molecule has 4 rings (SSSR count). The molecular formula is C25H26N6O4. The molecule has 2 aromatic heterocycles. The Morgan fingerprint density at radius 2 is 2.11 bits per heavy atom. The Morgan fingerprint density at radius 3 is 2.83 bits per heavy atom. The van der Waals surface area contributed by atoms with E-state index in [4.69, 9.17) is 5.73 Å². The second-order valence-corrected chi connectivity index (χ2v) is 8.43. The first-order chi connectivity index (χ1) is 16.9. The lowest BCUT2D eigenvalue weighted by molar-refractivity contribution is -0.137. The Morgan fingerprint density at radius 1 is 1.29 bits per heavy atom. The number of rotatable bonds is 9. The predicted molar refractivity (Wildman–Crippen MR) is 127 cm³/mol. The number of nitrogens with zero attached hydrogens (tertiary/aromatic N) is 4. The van der Waals surface area contributed by atoms with Gasteiger partial charge in [-0.2, -0.15) is 10.4 Å². The monoisotopic (exact) mass is 474 g/mol. The Hall–Kier alpha value is -4.23. The lowest BCUT2D eigenvalue weighted by Gasteiger charge is -2.17. The van der Waals surface area contributed by atoms with E-state index in [1.54, 1.807) is 24.3 Å². The molecule has 1 aromatic carbocycles. The molecule has 0 saturated heterocycles. The fraction of sp³-hybridized carbons (Fsp3) is 0.320. The van der Waals surface area contributed by atoms with E-state index in [1.807, 2.05) is 18.2 Å². The summed E-state index contributed by atoms with van der Waals surface area (Å²) in [6.45, 7) is 0.684. The van der Waals surface area contributed by atoms with E-state index in [9.17, 15) is 25.1 Å². The summed E-state index contributed by atoms with van der Waals surface area (Å²) in [5.41, 5.74) is 8.92. The van der Waals surface area contributed by atoms with Gasteiger partial charge in [-0.05, 0) is 42.2 Å². The zero-order chi connectivity index (χ0) is 24.9. The number of hydrogen-bond acceptors (Lipinski definition) is 7. The van der Waals surface area contributed by atoms with Gasteiger partial charge in [0.25, 0.3) is 5.91 Å². The topological polar surface area (TPSA) is 167 Å². The van der Waals surface area contributed by atoms with Crippen LogP contribution < -0.4 is 11.1 Å². The van der Waals surface area contributed by atoms with Gasteiger partial charge >= 0.3 is 5.97 Å². The number of aliphatic carboxylic acids is 1. The molecule has 10 heteroatoms. The largest absolute Gasteiger partial charge is 0.481 e. The third kappa shape index (κ3) is 5.15. The molecule has 1 amide bonds. The molecule has 0 fully saturated rings. The molecule has 5 N–H and O–H groups in total. The van der Waals surface area contributed by atoms with E-state index >= 15 is 0 Å². The maximum absolute atomic E-state index is 12.4. The summed E-state index contributed by atoms with van der Waals surface area (Å²) in [6, 6.07) is 12.5. The van der Waals surface area contributed by atoms with Gasteiger partial charge in [0.2, 0.25) is 0 Å². The number of primary amides is 1. The summed E-state index contributed by atoms with van der Waals surface area (Å²) in [5.74, 6) is -1.87. The zero-order valence-corrected chi connectivity index (χ0v) is 19.1. The number of anilines is 1. The molecule has 0 spiro atoms. The van der Waals surface area contributed by atoms with Gasteiger partial charge in [-0.25, -0.2) is 4.98 Å². The SMILES string of the molecule is N#Cc1cccc(C(CC(=O)O)c2nn(CCc3ccc4c(n3)NCCC4)c(CO)c2C(N)=O)c1. The smallest absolute Gasteiger partial charge is 0.304 e. The van der Waals surface area contributed by atoms with Crippen LogP contribution in [0.1, 0.15) is 62.9 Å². The average Bonchev–Trinajstić information content (AvgIpc) is 3.24. The molecule has 1 atom stereocenters. The molecule has 10 nitrogen and oxygen atoms in total. The number of carbonyl (C=O) groups is 2. The van der Waals surface area contributed by atoms with Gasteiger partial charge in [0, 0.05) is 31.1 Å². The minimum atomic E-state index is -1.10. The number of aliphatic hydroxyl groups is 1. The van der Waals surface area contributed by atoms with Crippen molar-refractivity contribution in [1.29, 1.82) is 5.26 Å². The number of pyridine rings is 1. The van der Waals surface area contributed by atoms with Crippen LogP contribution in [0, 0.1) is 11.3 Å². The number of nitrogens with two attached hydrogens (primary N) is 1. The standard InChI is InChI=1S/C25H26N6O4/c26-13-15-3-1-4-17(11-15)19(12-21(33)34)23-22(24(27)35)20(14-32)31(30-23)10-8-18-7-6-16-5-2-9-28-25(16)29-18/h1,3-4,6-7,11,19,32H,2,5,8-10,12,14H2,(H2,27,35)(H,28,29)(H,33,34). The molecule has 3 heterocycles. The normalized spacial score (nSPS) is 13.4. The van der Waals surface area contributed by atoms with Crippen LogP contribution in [0.3, 0.4) is 0 Å². The van der Waals surface area contributed by atoms with Crippen molar-refractivity contribution >= 4 is 17.7 Å². The fourth-order valence-electron chi connectivity index (χ4n) is 4.48. The molecule has 1 aliphatic heterocycles. The summed E-state index contributed by atoms with van der Waals surface area (Å²) in [4.78, 5) is 28.8. The Labute approximate surface area is 202 Å². The number of aromatic nitrogens is 3. The van der Waals surface area contributed by atoms with Crippen molar-refractivity contribution in [3.8, 4) is 6.07 Å². The first-order valence-electron chi connectivity index (χ1n) is 11.4. The molecule has 1 aliphatic rings. The number of carboxylic acid groups (broad SMARTS) is 1. The molecule has 0 aliphatic carbocycles. The number of carboxylic acids is 1. The van der Waals surface area contributed by atoms with Crippen molar-refractivity contribution in [3.05, 3.63) is 75.7 Å². The fourth-order valence-corrected chi connectivity index (χ4v) is 4.48. The first-order valence-corrected chi connectivity index (χ1v) is 11.4. The lowest BCUT2D eigenvalue weighted by Crippen LogP contribution is -2.18. The molecule has 0 radical (unpaired) electrons. The third-order valence-electron chi connectivity index (χ3n) is 6.14. The van der Waals surface area contributed by atoms with Crippen molar-refractivity contribution in [3.63, 3.8) is 0 Å². The van der Waals surface area contributed by atoms with Crippen molar-refractivity contribution < 1.29 is 19.8 Å². The minimum absolute atomic E-state index is 0.00109. The van der Waals surface area contributed by atoms with Crippen molar-refractivity contribution in [2.75, 3.05) is 11.9 Å². The van der Waals surface area contributed by atoms with E-state index in [-0.39, 0.29) is 23.4 Å². The highest BCUT2D eigenvalue weighted by Gasteiger charge is 2.30. The van der Waals surface area contributed by atoms with Crippen LogP contribution in [0.5, 0.6) is 0 Å².